The number of ether oxygens (including phenoxy) is 1. The van der Waals surface area contributed by atoms with Crippen LogP contribution in [0, 0.1) is 11.5 Å². The number of hydrogen-bond donors (Lipinski definition) is 2. The van der Waals surface area contributed by atoms with Crippen LogP contribution in [0.1, 0.15) is 48.0 Å². The first-order valence-corrected chi connectivity index (χ1v) is 16.1. The van der Waals surface area contributed by atoms with Crippen LogP contribution < -0.4 is 5.32 Å². The first-order valence-electron chi connectivity index (χ1n) is 9.66. The van der Waals surface area contributed by atoms with E-state index in [2.05, 4.69) is 70.3 Å². The third-order valence-corrected chi connectivity index (χ3v) is 9.80. The standard InChI is InChI=1S/C20H41NO4Si2/c1-19(2,3)24-18(23)21-16(13-12-14-26(7,8)9)17(15-22)25-27(10,11)20(4,5)6/h16-17,22H,13,15H2,1-11H3,(H,21,23)/t16-,17+/m0/s1. The van der Waals surface area contributed by atoms with E-state index in [0.29, 0.717) is 6.42 Å². The molecule has 0 bridgehead atoms. The molecule has 0 aliphatic carbocycles. The SMILES string of the molecule is CC(C)(C)OC(=O)N[C@@H](CC#C[Si](C)(C)C)[C@@H](CO)O[Si](C)(C)C(C)(C)C. The van der Waals surface area contributed by atoms with Crippen LogP contribution in [0.25, 0.3) is 0 Å². The Bertz CT molecular complexity index is 546. The molecule has 0 spiro atoms. The highest BCUT2D eigenvalue weighted by atomic mass is 28.4. The van der Waals surface area contributed by atoms with Gasteiger partial charge in [0.05, 0.1) is 18.8 Å². The largest absolute Gasteiger partial charge is 0.444 e. The van der Waals surface area contributed by atoms with E-state index in [-0.39, 0.29) is 11.6 Å². The quantitative estimate of drug-likeness (QED) is 0.494. The number of amides is 1. The molecule has 1 amide bonds. The maximum Gasteiger partial charge on any atom is 0.407 e. The van der Waals surface area contributed by atoms with Gasteiger partial charge in [0.15, 0.2) is 8.32 Å². The first kappa shape index (κ1) is 26.2. The lowest BCUT2D eigenvalue weighted by molar-refractivity contribution is 0.0357. The fourth-order valence-corrected chi connectivity index (χ4v) is 3.94. The molecule has 5 nitrogen and oxygen atoms in total. The van der Waals surface area contributed by atoms with Crippen molar-refractivity contribution in [1.82, 2.24) is 5.32 Å². The lowest BCUT2D eigenvalue weighted by atomic mass is 10.1. The van der Waals surface area contributed by atoms with E-state index < -0.39 is 40.2 Å². The average Bonchev–Trinajstić information content (AvgIpc) is 2.39. The predicted molar refractivity (Wildman–Crippen MR) is 118 cm³/mol. The molecular formula is C20H41NO4Si2. The van der Waals surface area contributed by atoms with Crippen molar-refractivity contribution in [1.29, 1.82) is 0 Å². The highest BCUT2D eigenvalue weighted by Crippen LogP contribution is 2.37. The molecule has 0 aromatic rings. The van der Waals surface area contributed by atoms with Crippen molar-refractivity contribution < 1.29 is 19.1 Å². The second kappa shape index (κ2) is 9.59. The lowest BCUT2D eigenvalue weighted by Gasteiger charge is -2.40. The summed E-state index contributed by atoms with van der Waals surface area (Å²) in [6, 6.07) is -0.428. The lowest BCUT2D eigenvalue weighted by Crippen LogP contribution is -2.53. The van der Waals surface area contributed by atoms with E-state index in [4.69, 9.17) is 9.16 Å². The van der Waals surface area contributed by atoms with Crippen molar-refractivity contribution in [3.63, 3.8) is 0 Å². The van der Waals surface area contributed by atoms with Crippen LogP contribution in [-0.2, 0) is 9.16 Å². The fraction of sp³-hybridized carbons (Fsp3) is 0.850. The van der Waals surface area contributed by atoms with Crippen molar-refractivity contribution in [3.8, 4) is 11.5 Å². The van der Waals surface area contributed by atoms with Gasteiger partial charge in [0.1, 0.15) is 13.7 Å². The number of carbonyl (C=O) groups excluding carboxylic acids is 1. The minimum atomic E-state index is -2.12. The van der Waals surface area contributed by atoms with E-state index in [1.165, 1.54) is 0 Å². The van der Waals surface area contributed by atoms with Gasteiger partial charge < -0.3 is 19.6 Å². The zero-order chi connectivity index (χ0) is 21.7. The van der Waals surface area contributed by atoms with Crippen molar-refractivity contribution in [2.24, 2.45) is 0 Å². The summed E-state index contributed by atoms with van der Waals surface area (Å²) >= 11 is 0. The maximum absolute atomic E-state index is 12.3. The Morgan fingerprint density at radius 2 is 1.59 bits per heavy atom. The molecule has 0 saturated carbocycles. The molecule has 2 atom stereocenters. The van der Waals surface area contributed by atoms with Crippen molar-refractivity contribution in [3.05, 3.63) is 0 Å². The predicted octanol–water partition coefficient (Wildman–Crippen LogP) is 4.53. The number of aliphatic hydroxyl groups is 1. The van der Waals surface area contributed by atoms with Gasteiger partial charge in [-0.15, -0.1) is 11.5 Å². The molecule has 2 N–H and O–H groups in total. The number of rotatable bonds is 6. The maximum atomic E-state index is 12.3. The molecule has 0 rings (SSSR count). The summed E-state index contributed by atoms with van der Waals surface area (Å²) in [6.07, 6.45) is -0.613. The second-order valence-electron chi connectivity index (χ2n) is 10.6. The average molecular weight is 416 g/mol. The summed E-state index contributed by atoms with van der Waals surface area (Å²) in [5, 5.41) is 12.9. The van der Waals surface area contributed by atoms with Crippen LogP contribution in [-0.4, -0.2) is 51.9 Å². The highest BCUT2D eigenvalue weighted by molar-refractivity contribution is 6.83. The number of alkyl carbamates (subject to hydrolysis) is 1. The summed E-state index contributed by atoms with van der Waals surface area (Å²) in [5.74, 6) is 3.20. The van der Waals surface area contributed by atoms with E-state index in [0.717, 1.165) is 0 Å². The fourth-order valence-electron chi connectivity index (χ4n) is 1.96. The molecule has 0 saturated heterocycles. The summed E-state index contributed by atoms with van der Waals surface area (Å²) in [5.41, 5.74) is 2.73. The van der Waals surface area contributed by atoms with Crippen molar-refractivity contribution >= 4 is 22.5 Å². The van der Waals surface area contributed by atoms with Gasteiger partial charge in [0.2, 0.25) is 0 Å². The molecule has 0 aromatic heterocycles. The topological polar surface area (TPSA) is 67.8 Å². The first-order chi connectivity index (χ1) is 11.9. The Kier molecular flexibility index (Phi) is 9.30. The Hall–Kier alpha value is -0.816. The minimum absolute atomic E-state index is 0.000883. The number of hydrogen-bond acceptors (Lipinski definition) is 4. The minimum Gasteiger partial charge on any atom is -0.444 e. The van der Waals surface area contributed by atoms with Gasteiger partial charge >= 0.3 is 6.09 Å². The van der Waals surface area contributed by atoms with Gasteiger partial charge in [-0.25, -0.2) is 4.79 Å². The molecule has 158 valence electrons. The van der Waals surface area contributed by atoms with Gasteiger partial charge in [-0.1, -0.05) is 40.4 Å². The molecule has 27 heavy (non-hydrogen) atoms. The third kappa shape index (κ3) is 10.9. The van der Waals surface area contributed by atoms with Crippen molar-refractivity contribution in [2.75, 3.05) is 6.61 Å². The van der Waals surface area contributed by atoms with Gasteiger partial charge in [0, 0.05) is 6.42 Å². The van der Waals surface area contributed by atoms with Gasteiger partial charge in [-0.3, -0.25) is 0 Å². The second-order valence-corrected chi connectivity index (χ2v) is 20.1. The van der Waals surface area contributed by atoms with E-state index in [1.54, 1.807) is 0 Å². The van der Waals surface area contributed by atoms with Crippen LogP contribution in [0.5, 0.6) is 0 Å². The van der Waals surface area contributed by atoms with Crippen LogP contribution in [0.4, 0.5) is 4.79 Å². The molecule has 0 heterocycles. The summed E-state index contributed by atoms with van der Waals surface area (Å²) < 4.78 is 11.8. The normalized spacial score (nSPS) is 15.4. The molecule has 7 heteroatoms. The molecule has 0 radical (unpaired) electrons. The summed E-state index contributed by atoms with van der Waals surface area (Å²) in [6.45, 7) is 22.5. The number of nitrogens with one attached hydrogen (secondary N) is 1. The Labute approximate surface area is 168 Å². The number of aliphatic hydroxyl groups excluding tert-OH is 1. The van der Waals surface area contributed by atoms with Crippen LogP contribution in [0.2, 0.25) is 37.8 Å². The molecule has 0 unspecified atom stereocenters. The van der Waals surface area contributed by atoms with Crippen LogP contribution in [0.15, 0.2) is 0 Å². The van der Waals surface area contributed by atoms with Gasteiger partial charge in [-0.05, 0) is 38.9 Å². The Morgan fingerprint density at radius 3 is 1.96 bits per heavy atom. The zero-order valence-corrected chi connectivity index (χ0v) is 21.2. The monoisotopic (exact) mass is 415 g/mol. The molecular weight excluding hydrogens is 374 g/mol. The highest BCUT2D eigenvalue weighted by Gasteiger charge is 2.41. The van der Waals surface area contributed by atoms with E-state index >= 15 is 0 Å². The van der Waals surface area contributed by atoms with Crippen molar-refractivity contribution in [2.45, 2.75) is 103 Å². The summed E-state index contributed by atoms with van der Waals surface area (Å²) in [7, 11) is -3.64. The Morgan fingerprint density at radius 1 is 1.07 bits per heavy atom. The summed E-state index contributed by atoms with van der Waals surface area (Å²) in [4.78, 5) is 12.3. The van der Waals surface area contributed by atoms with Gasteiger partial charge in [-0.2, -0.15) is 0 Å². The molecule has 0 aliphatic heterocycles. The Balaban J connectivity index is 5.50. The molecule has 0 fully saturated rings. The molecule has 0 aromatic carbocycles. The van der Waals surface area contributed by atoms with Crippen LogP contribution in [0.3, 0.4) is 0 Å². The van der Waals surface area contributed by atoms with E-state index in [9.17, 15) is 9.90 Å². The van der Waals surface area contributed by atoms with E-state index in [1.807, 2.05) is 20.8 Å². The third-order valence-electron chi connectivity index (χ3n) is 4.37. The molecule has 0 aliphatic rings. The number of carbonyl (C=O) groups is 1. The smallest absolute Gasteiger partial charge is 0.407 e. The van der Waals surface area contributed by atoms with Crippen LogP contribution >= 0.6 is 0 Å². The zero-order valence-electron chi connectivity index (χ0n) is 19.2. The van der Waals surface area contributed by atoms with Gasteiger partial charge in [0.25, 0.3) is 0 Å².